The number of nitrogens with zero attached hydrogens (tertiary/aromatic N) is 2. The summed E-state index contributed by atoms with van der Waals surface area (Å²) in [7, 11) is 0. The van der Waals surface area contributed by atoms with E-state index in [1.807, 2.05) is 6.07 Å². The number of aromatic nitrogens is 1. The van der Waals surface area contributed by atoms with E-state index in [9.17, 15) is 10.2 Å². The monoisotopic (exact) mass is 474 g/mol. The van der Waals surface area contributed by atoms with Gasteiger partial charge in [-0.25, -0.2) is 0 Å². The summed E-state index contributed by atoms with van der Waals surface area (Å²) in [5, 5.41) is 22.4. The molecule has 0 bridgehead atoms. The van der Waals surface area contributed by atoms with E-state index in [1.165, 1.54) is 32.5 Å². The van der Waals surface area contributed by atoms with Gasteiger partial charge in [0.15, 0.2) is 11.8 Å². The van der Waals surface area contributed by atoms with Crippen LogP contribution in [0.15, 0.2) is 6.07 Å². The van der Waals surface area contributed by atoms with Crippen LogP contribution in [-0.4, -0.2) is 39.3 Å². The largest absolute Gasteiger partial charge is 0.494 e. The minimum atomic E-state index is -0.345. The van der Waals surface area contributed by atoms with Crippen molar-refractivity contribution < 1.29 is 10.2 Å². The fourth-order valence-corrected chi connectivity index (χ4v) is 6.81. The lowest BCUT2D eigenvalue weighted by atomic mass is 9.68. The predicted molar refractivity (Wildman–Crippen MR) is 144 cm³/mol. The van der Waals surface area contributed by atoms with Crippen LogP contribution in [0.1, 0.15) is 120 Å². The molecule has 1 saturated heterocycles. The third kappa shape index (κ3) is 5.32. The van der Waals surface area contributed by atoms with Gasteiger partial charge in [-0.2, -0.15) is 0 Å². The van der Waals surface area contributed by atoms with Gasteiger partial charge in [0, 0.05) is 30.3 Å². The van der Waals surface area contributed by atoms with Crippen LogP contribution in [0.2, 0.25) is 0 Å². The van der Waals surface area contributed by atoms with Gasteiger partial charge in [-0.15, -0.1) is 0 Å². The second-order valence-electron chi connectivity index (χ2n) is 15.4. The minimum Gasteiger partial charge on any atom is -0.494 e. The summed E-state index contributed by atoms with van der Waals surface area (Å²) in [6, 6.07) is 1.82. The van der Waals surface area contributed by atoms with Crippen molar-refractivity contribution >= 4 is 0 Å². The molecule has 2 aliphatic rings. The Bertz CT molecular complexity index is 884. The summed E-state index contributed by atoms with van der Waals surface area (Å²) in [5.41, 5.74) is 1.41. The third-order valence-electron chi connectivity index (χ3n) is 10.0. The van der Waals surface area contributed by atoms with Gasteiger partial charge in [0.25, 0.3) is 0 Å². The molecule has 0 amide bonds. The maximum absolute atomic E-state index is 11.4. The summed E-state index contributed by atoms with van der Waals surface area (Å²) in [5.74, 6) is 0.431. The highest BCUT2D eigenvalue weighted by Gasteiger charge is 2.66. The fourth-order valence-electron chi connectivity index (χ4n) is 6.81. The van der Waals surface area contributed by atoms with Crippen molar-refractivity contribution in [3.05, 3.63) is 11.6 Å². The van der Waals surface area contributed by atoms with Gasteiger partial charge >= 0.3 is 0 Å². The van der Waals surface area contributed by atoms with Crippen LogP contribution in [0.3, 0.4) is 0 Å². The lowest BCUT2D eigenvalue weighted by Crippen LogP contribution is -2.30. The second-order valence-corrected chi connectivity index (χ2v) is 15.4. The van der Waals surface area contributed by atoms with Crippen molar-refractivity contribution in [1.82, 2.24) is 9.47 Å². The maximum atomic E-state index is 11.4. The molecule has 4 heteroatoms. The molecule has 2 N–H and O–H groups in total. The minimum absolute atomic E-state index is 0.186. The molecular weight excluding hydrogens is 420 g/mol. The Morgan fingerprint density at radius 1 is 0.882 bits per heavy atom. The van der Waals surface area contributed by atoms with Gasteiger partial charge in [-0.05, 0) is 79.6 Å². The zero-order chi connectivity index (χ0) is 26.0. The molecule has 1 aromatic rings. The average molecular weight is 475 g/mol. The molecule has 4 nitrogen and oxygen atoms in total. The molecule has 34 heavy (non-hydrogen) atoms. The van der Waals surface area contributed by atoms with E-state index in [4.69, 9.17) is 0 Å². The first-order valence-corrected chi connectivity index (χ1v) is 13.6. The zero-order valence-corrected chi connectivity index (χ0v) is 24.2. The van der Waals surface area contributed by atoms with Crippen LogP contribution >= 0.6 is 0 Å². The van der Waals surface area contributed by atoms with E-state index in [1.54, 1.807) is 4.57 Å². The smallest absolute Gasteiger partial charge is 0.198 e. The first-order valence-electron chi connectivity index (χ1n) is 13.6. The fraction of sp³-hybridized carbons (Fsp3) is 0.867. The van der Waals surface area contributed by atoms with Crippen LogP contribution in [-0.2, 0) is 11.0 Å². The molecule has 2 unspecified atom stereocenters. The molecule has 0 radical (unpaired) electrons. The summed E-state index contributed by atoms with van der Waals surface area (Å²) >= 11 is 0. The highest BCUT2D eigenvalue weighted by molar-refractivity contribution is 5.42. The van der Waals surface area contributed by atoms with Crippen molar-refractivity contribution in [2.45, 2.75) is 126 Å². The van der Waals surface area contributed by atoms with Crippen LogP contribution in [0, 0.1) is 21.7 Å². The Hall–Kier alpha value is -1.16. The Labute approximate surface area is 210 Å². The van der Waals surface area contributed by atoms with Gasteiger partial charge in [0.1, 0.15) is 0 Å². The summed E-state index contributed by atoms with van der Waals surface area (Å²) < 4.78 is 1.78. The van der Waals surface area contributed by atoms with E-state index >= 15 is 0 Å². The van der Waals surface area contributed by atoms with Crippen LogP contribution < -0.4 is 0 Å². The van der Waals surface area contributed by atoms with Crippen LogP contribution in [0.25, 0.3) is 0 Å². The average Bonchev–Trinajstić information content (AvgIpc) is 3.52. The van der Waals surface area contributed by atoms with Crippen molar-refractivity contribution in [3.63, 3.8) is 0 Å². The lowest BCUT2D eigenvalue weighted by Gasteiger charge is -2.36. The molecule has 3 rings (SSSR count). The van der Waals surface area contributed by atoms with Gasteiger partial charge in [0.05, 0.1) is 0 Å². The van der Waals surface area contributed by atoms with Crippen molar-refractivity contribution in [3.8, 4) is 11.8 Å². The Morgan fingerprint density at radius 2 is 1.47 bits per heavy atom. The van der Waals surface area contributed by atoms with Gasteiger partial charge in [0.2, 0.25) is 0 Å². The van der Waals surface area contributed by atoms with Crippen molar-refractivity contribution in [2.75, 3.05) is 19.6 Å². The van der Waals surface area contributed by atoms with Gasteiger partial charge in [-0.1, -0.05) is 68.7 Å². The Kier molecular flexibility index (Phi) is 6.82. The molecule has 0 aromatic carbocycles. The van der Waals surface area contributed by atoms with E-state index in [2.05, 4.69) is 81.1 Å². The van der Waals surface area contributed by atoms with E-state index in [0.29, 0.717) is 10.8 Å². The number of hydrogen-bond acceptors (Lipinski definition) is 3. The van der Waals surface area contributed by atoms with Gasteiger partial charge in [-0.3, -0.25) is 4.57 Å². The molecule has 2 fully saturated rings. The molecule has 2 heterocycles. The second kappa shape index (κ2) is 8.46. The molecule has 1 aromatic heterocycles. The number of aromatic hydroxyl groups is 2. The standard InChI is InChI=1S/C30H54N2O2/c1-25(2,3)30(11)21-29(30,10)20-27(6,7)22-19-23(33)32(24(22)34)28(8,9)14-12-13-26(4,5)15-16-31-17-18-31/h19,33-34H,12-18,20-21H2,1-11H3. The molecule has 2 atom stereocenters. The Morgan fingerprint density at radius 3 is 1.97 bits per heavy atom. The topological polar surface area (TPSA) is 48.4 Å². The maximum Gasteiger partial charge on any atom is 0.198 e. The molecule has 1 aliphatic carbocycles. The summed E-state index contributed by atoms with van der Waals surface area (Å²) in [4.78, 5) is 2.50. The number of rotatable bonds is 11. The summed E-state index contributed by atoms with van der Waals surface area (Å²) in [6.07, 6.45) is 6.61. The highest BCUT2D eigenvalue weighted by atomic mass is 16.3. The molecule has 1 aliphatic heterocycles. The highest BCUT2D eigenvalue weighted by Crippen LogP contribution is 2.74. The van der Waals surface area contributed by atoms with E-state index in [0.717, 1.165) is 31.2 Å². The molecule has 196 valence electrons. The first kappa shape index (κ1) is 27.4. The number of hydrogen-bond donors (Lipinski definition) is 2. The van der Waals surface area contributed by atoms with Crippen LogP contribution in [0.5, 0.6) is 11.8 Å². The summed E-state index contributed by atoms with van der Waals surface area (Å²) in [6.45, 7) is 29.1. The Balaban J connectivity index is 1.70. The van der Waals surface area contributed by atoms with Gasteiger partial charge < -0.3 is 15.1 Å². The SMILES string of the molecule is CC(C)(CCCC(C)(C)n1c(O)cc(C(C)(C)CC2(C)CC2(C)C(C)(C)C)c1O)CCN1CC1. The normalized spacial score (nSPS) is 26.2. The molecule has 0 spiro atoms. The quantitative estimate of drug-likeness (QED) is 0.324. The van der Waals surface area contributed by atoms with Crippen molar-refractivity contribution in [2.24, 2.45) is 21.7 Å². The van der Waals surface area contributed by atoms with E-state index < -0.39 is 0 Å². The zero-order valence-electron chi connectivity index (χ0n) is 24.2. The van der Waals surface area contributed by atoms with E-state index in [-0.39, 0.29) is 33.5 Å². The molecular formula is C30H54N2O2. The third-order valence-corrected chi connectivity index (χ3v) is 10.0. The predicted octanol–water partition coefficient (Wildman–Crippen LogP) is 7.67. The first-order chi connectivity index (χ1) is 15.2. The lowest BCUT2D eigenvalue weighted by molar-refractivity contribution is 0.156. The van der Waals surface area contributed by atoms with Crippen molar-refractivity contribution in [1.29, 1.82) is 0 Å². The molecule has 1 saturated carbocycles. The van der Waals surface area contributed by atoms with Crippen LogP contribution in [0.4, 0.5) is 0 Å².